The molecule has 3 heterocycles. The van der Waals surface area contributed by atoms with Gasteiger partial charge in [0.05, 0.1) is 15.9 Å². The fourth-order valence-electron chi connectivity index (χ4n) is 4.31. The number of benzene rings is 1. The van der Waals surface area contributed by atoms with Crippen molar-refractivity contribution in [2.75, 3.05) is 31.3 Å². The Balaban J connectivity index is 1.55. The third-order valence-corrected chi connectivity index (χ3v) is 7.51. The van der Waals surface area contributed by atoms with Crippen molar-refractivity contribution in [2.24, 2.45) is 0 Å². The number of rotatable bonds is 11. The second-order valence-corrected chi connectivity index (χ2v) is 9.85. The van der Waals surface area contributed by atoms with Gasteiger partial charge in [0, 0.05) is 43.3 Å². The molecular formula is C28H32N6O2S. The molecule has 0 spiro atoms. The highest BCUT2D eigenvalue weighted by atomic mass is 32.1. The van der Waals surface area contributed by atoms with Gasteiger partial charge in [-0.15, -0.1) is 11.3 Å². The molecule has 1 aromatic carbocycles. The molecule has 3 aromatic heterocycles. The monoisotopic (exact) mass is 516 g/mol. The number of thiophene rings is 1. The molecular weight excluding hydrogens is 484 g/mol. The summed E-state index contributed by atoms with van der Waals surface area (Å²) in [6.45, 7) is 6.32. The van der Waals surface area contributed by atoms with Crippen LogP contribution in [0.15, 0.2) is 67.4 Å². The molecule has 192 valence electrons. The van der Waals surface area contributed by atoms with Crippen molar-refractivity contribution in [1.82, 2.24) is 19.4 Å². The Hall–Kier alpha value is -3.98. The highest BCUT2D eigenvalue weighted by Crippen LogP contribution is 2.31. The number of nitrogens with zero attached hydrogens (tertiary/aromatic N) is 4. The molecule has 0 aliphatic heterocycles. The number of carbonyl (C=O) groups excluding carboxylic acids is 2. The van der Waals surface area contributed by atoms with Crippen molar-refractivity contribution in [3.8, 4) is 10.4 Å². The minimum Gasteiger partial charge on any atom is -0.373 e. The molecule has 2 amide bonds. The standard InChI is InChI=1S/C28H32N6O2S/c1-5-20(10-9-17-33(4)26(35)6-2)34-22-12-8-7-11-21(22)31-28(34)32-27(36)24-15-14-23(37-24)19-13-16-25(29-3)30-18-19/h6-8,11-16,18,20H,2,5,9-10,17H2,1,3-4H3,(H,29,30)(H,31,32,36)/t20-/m0/s1. The molecule has 0 fully saturated rings. The molecule has 0 unspecified atom stereocenters. The van der Waals surface area contributed by atoms with Crippen LogP contribution >= 0.6 is 11.3 Å². The highest BCUT2D eigenvalue weighted by molar-refractivity contribution is 7.17. The summed E-state index contributed by atoms with van der Waals surface area (Å²) < 4.78 is 2.12. The first-order valence-corrected chi connectivity index (χ1v) is 13.2. The van der Waals surface area contributed by atoms with E-state index in [1.54, 1.807) is 18.1 Å². The summed E-state index contributed by atoms with van der Waals surface area (Å²) >= 11 is 1.42. The van der Waals surface area contributed by atoms with E-state index in [1.807, 2.05) is 55.6 Å². The van der Waals surface area contributed by atoms with Gasteiger partial charge in [0.2, 0.25) is 11.9 Å². The van der Waals surface area contributed by atoms with Crippen molar-refractivity contribution >= 4 is 46.0 Å². The summed E-state index contributed by atoms with van der Waals surface area (Å²) in [5.41, 5.74) is 2.77. The molecule has 0 radical (unpaired) electrons. The van der Waals surface area contributed by atoms with E-state index in [0.29, 0.717) is 17.4 Å². The number of amides is 2. The number of nitrogens with one attached hydrogen (secondary N) is 2. The van der Waals surface area contributed by atoms with Gasteiger partial charge in [0.15, 0.2) is 0 Å². The molecule has 0 aliphatic carbocycles. The summed E-state index contributed by atoms with van der Waals surface area (Å²) in [6, 6.07) is 15.7. The zero-order valence-corrected chi connectivity index (χ0v) is 22.2. The lowest BCUT2D eigenvalue weighted by Gasteiger charge is -2.22. The maximum absolute atomic E-state index is 13.3. The predicted octanol–water partition coefficient (Wildman–Crippen LogP) is 5.83. The van der Waals surface area contributed by atoms with Crippen LogP contribution < -0.4 is 10.6 Å². The van der Waals surface area contributed by atoms with Gasteiger partial charge >= 0.3 is 0 Å². The van der Waals surface area contributed by atoms with Crippen LogP contribution in [0.3, 0.4) is 0 Å². The molecule has 0 aliphatic rings. The second kappa shape index (κ2) is 11.8. The van der Waals surface area contributed by atoms with Gasteiger partial charge in [-0.25, -0.2) is 9.97 Å². The van der Waals surface area contributed by atoms with Crippen molar-refractivity contribution in [3.63, 3.8) is 0 Å². The molecule has 4 rings (SSSR count). The average Bonchev–Trinajstić information content (AvgIpc) is 3.56. The topological polar surface area (TPSA) is 92.2 Å². The fourth-order valence-corrected chi connectivity index (χ4v) is 5.21. The van der Waals surface area contributed by atoms with Gasteiger partial charge in [-0.3, -0.25) is 14.9 Å². The molecule has 4 aromatic rings. The molecule has 0 bridgehead atoms. The number of pyridine rings is 1. The first kappa shape index (κ1) is 26.1. The van der Waals surface area contributed by atoms with E-state index >= 15 is 0 Å². The Morgan fingerprint density at radius 1 is 1.19 bits per heavy atom. The SMILES string of the molecule is C=CC(=O)N(C)CCC[C@H](CC)n1c(NC(=O)c2ccc(-c3ccc(NC)nc3)s2)nc2ccccc21. The van der Waals surface area contributed by atoms with Crippen LogP contribution in [0.4, 0.5) is 11.8 Å². The second-order valence-electron chi connectivity index (χ2n) is 8.76. The number of hydrogen-bond acceptors (Lipinski definition) is 6. The predicted molar refractivity (Wildman–Crippen MR) is 151 cm³/mol. The number of para-hydroxylation sites is 2. The highest BCUT2D eigenvalue weighted by Gasteiger charge is 2.21. The van der Waals surface area contributed by atoms with Crippen LogP contribution in [0.5, 0.6) is 0 Å². The zero-order valence-electron chi connectivity index (χ0n) is 21.4. The van der Waals surface area contributed by atoms with E-state index < -0.39 is 0 Å². The van der Waals surface area contributed by atoms with E-state index in [1.165, 1.54) is 17.4 Å². The maximum atomic E-state index is 13.3. The van der Waals surface area contributed by atoms with Gasteiger partial charge < -0.3 is 14.8 Å². The number of hydrogen-bond donors (Lipinski definition) is 2. The van der Waals surface area contributed by atoms with E-state index in [9.17, 15) is 9.59 Å². The Morgan fingerprint density at radius 2 is 2.00 bits per heavy atom. The Bertz CT molecular complexity index is 1390. The lowest BCUT2D eigenvalue weighted by Crippen LogP contribution is -2.26. The number of likely N-dealkylation sites (N-methyl/N-ethyl adjacent to an activating group) is 1. The maximum Gasteiger partial charge on any atom is 0.268 e. The number of carbonyl (C=O) groups is 2. The van der Waals surface area contributed by atoms with E-state index in [0.717, 1.165) is 46.6 Å². The van der Waals surface area contributed by atoms with Gasteiger partial charge in [-0.2, -0.15) is 0 Å². The van der Waals surface area contributed by atoms with Gasteiger partial charge in [0.1, 0.15) is 5.82 Å². The van der Waals surface area contributed by atoms with E-state index in [2.05, 4.69) is 33.7 Å². The summed E-state index contributed by atoms with van der Waals surface area (Å²) in [4.78, 5) is 37.5. The summed E-state index contributed by atoms with van der Waals surface area (Å²) in [5, 5.41) is 6.07. The smallest absolute Gasteiger partial charge is 0.268 e. The van der Waals surface area contributed by atoms with Crippen LogP contribution in [0.1, 0.15) is 41.9 Å². The van der Waals surface area contributed by atoms with Crippen molar-refractivity contribution < 1.29 is 9.59 Å². The van der Waals surface area contributed by atoms with Crippen LogP contribution in [0.25, 0.3) is 21.5 Å². The van der Waals surface area contributed by atoms with Crippen LogP contribution in [-0.4, -0.2) is 51.9 Å². The Labute approximate surface area is 221 Å². The summed E-state index contributed by atoms with van der Waals surface area (Å²) in [5.74, 6) is 1.04. The summed E-state index contributed by atoms with van der Waals surface area (Å²) in [7, 11) is 3.61. The summed E-state index contributed by atoms with van der Waals surface area (Å²) in [6.07, 6.45) is 5.65. The molecule has 1 atom stereocenters. The van der Waals surface area contributed by atoms with Gasteiger partial charge in [-0.05, 0) is 61.7 Å². The quantitative estimate of drug-likeness (QED) is 0.245. The van der Waals surface area contributed by atoms with Crippen molar-refractivity contribution in [1.29, 1.82) is 0 Å². The first-order valence-electron chi connectivity index (χ1n) is 12.3. The van der Waals surface area contributed by atoms with Crippen LogP contribution in [0, 0.1) is 0 Å². The largest absolute Gasteiger partial charge is 0.373 e. The molecule has 8 nitrogen and oxygen atoms in total. The van der Waals surface area contributed by atoms with Gasteiger partial charge in [-0.1, -0.05) is 25.6 Å². The molecule has 37 heavy (non-hydrogen) atoms. The molecule has 0 saturated heterocycles. The lowest BCUT2D eigenvalue weighted by atomic mass is 10.1. The van der Waals surface area contributed by atoms with Crippen LogP contribution in [0.2, 0.25) is 0 Å². The number of imidazole rings is 1. The first-order chi connectivity index (χ1) is 17.9. The third kappa shape index (κ3) is 5.89. The Kier molecular flexibility index (Phi) is 8.35. The van der Waals surface area contributed by atoms with E-state index in [-0.39, 0.29) is 17.9 Å². The number of anilines is 2. The minimum atomic E-state index is -0.196. The van der Waals surface area contributed by atoms with Crippen LogP contribution in [-0.2, 0) is 4.79 Å². The van der Waals surface area contributed by atoms with Crippen molar-refractivity contribution in [2.45, 2.75) is 32.2 Å². The zero-order chi connectivity index (χ0) is 26.4. The van der Waals surface area contributed by atoms with Crippen molar-refractivity contribution in [3.05, 3.63) is 72.3 Å². The minimum absolute atomic E-state index is 0.0850. The number of aromatic nitrogens is 3. The fraction of sp³-hybridized carbons (Fsp3) is 0.286. The molecule has 2 N–H and O–H groups in total. The normalized spacial score (nSPS) is 11.8. The Morgan fingerprint density at radius 3 is 2.70 bits per heavy atom. The average molecular weight is 517 g/mol. The molecule has 9 heteroatoms. The molecule has 0 saturated carbocycles. The van der Waals surface area contributed by atoms with Gasteiger partial charge in [0.25, 0.3) is 5.91 Å². The lowest BCUT2D eigenvalue weighted by molar-refractivity contribution is -0.124. The van der Waals surface area contributed by atoms with E-state index in [4.69, 9.17) is 4.98 Å². The third-order valence-electron chi connectivity index (χ3n) is 6.37. The number of fused-ring (bicyclic) bond motifs is 1.